The molecule has 3 nitrogen and oxygen atoms in total. The van der Waals surface area contributed by atoms with Crippen molar-refractivity contribution < 1.29 is 18.3 Å². The number of nitrogens with two attached hydrogens (primary N) is 1. The SMILES string of the molecule is CC(=O)c1cc(N)cc(C)c1OC(F)F. The van der Waals surface area contributed by atoms with E-state index < -0.39 is 6.61 Å². The van der Waals surface area contributed by atoms with Crippen LogP contribution in [0.15, 0.2) is 12.1 Å². The van der Waals surface area contributed by atoms with Gasteiger partial charge in [0.2, 0.25) is 0 Å². The van der Waals surface area contributed by atoms with E-state index in [0.717, 1.165) is 0 Å². The van der Waals surface area contributed by atoms with Gasteiger partial charge in [-0.25, -0.2) is 0 Å². The molecule has 2 N–H and O–H groups in total. The fraction of sp³-hybridized carbons (Fsp3) is 0.300. The molecule has 0 saturated carbocycles. The Morgan fingerprint density at radius 1 is 1.47 bits per heavy atom. The van der Waals surface area contributed by atoms with Gasteiger partial charge < -0.3 is 10.5 Å². The molecule has 15 heavy (non-hydrogen) atoms. The summed E-state index contributed by atoms with van der Waals surface area (Å²) in [6.45, 7) is -0.127. The normalized spacial score (nSPS) is 10.5. The molecular formula is C10H11F2NO2. The standard InChI is InChI=1S/C10H11F2NO2/c1-5-3-7(13)4-8(6(2)14)9(5)15-10(11)12/h3-4,10H,13H2,1-2H3. The molecule has 1 aromatic carbocycles. The van der Waals surface area contributed by atoms with Crippen LogP contribution in [0.4, 0.5) is 14.5 Å². The highest BCUT2D eigenvalue weighted by molar-refractivity contribution is 5.98. The zero-order chi connectivity index (χ0) is 11.6. The number of aryl methyl sites for hydroxylation is 1. The molecule has 82 valence electrons. The third kappa shape index (κ3) is 2.65. The lowest BCUT2D eigenvalue weighted by molar-refractivity contribution is -0.0505. The molecule has 0 aliphatic carbocycles. The molecule has 5 heteroatoms. The van der Waals surface area contributed by atoms with Gasteiger partial charge in [-0.15, -0.1) is 0 Å². The maximum Gasteiger partial charge on any atom is 0.387 e. The molecule has 0 aromatic heterocycles. The van der Waals surface area contributed by atoms with Gasteiger partial charge in [-0.3, -0.25) is 4.79 Å². The van der Waals surface area contributed by atoms with Crippen molar-refractivity contribution in [2.24, 2.45) is 0 Å². The highest BCUT2D eigenvalue weighted by Gasteiger charge is 2.16. The first kappa shape index (κ1) is 11.4. The number of anilines is 1. The highest BCUT2D eigenvalue weighted by Crippen LogP contribution is 2.28. The van der Waals surface area contributed by atoms with Crippen molar-refractivity contribution in [2.75, 3.05) is 5.73 Å². The maximum atomic E-state index is 12.1. The third-order valence-corrected chi connectivity index (χ3v) is 1.88. The lowest BCUT2D eigenvalue weighted by Crippen LogP contribution is -2.08. The largest absolute Gasteiger partial charge is 0.434 e. The molecule has 1 rings (SSSR count). The van der Waals surface area contributed by atoms with E-state index in [2.05, 4.69) is 4.74 Å². The molecule has 0 unspecified atom stereocenters. The van der Waals surface area contributed by atoms with E-state index in [9.17, 15) is 13.6 Å². The minimum atomic E-state index is -2.95. The van der Waals surface area contributed by atoms with Crippen LogP contribution in [0, 0.1) is 6.92 Å². The Labute approximate surface area is 85.8 Å². The van der Waals surface area contributed by atoms with E-state index in [-0.39, 0.29) is 17.1 Å². The van der Waals surface area contributed by atoms with Crippen LogP contribution >= 0.6 is 0 Å². The summed E-state index contributed by atoms with van der Waals surface area (Å²) < 4.78 is 28.4. The lowest BCUT2D eigenvalue weighted by Gasteiger charge is -2.12. The van der Waals surface area contributed by atoms with Crippen molar-refractivity contribution in [1.82, 2.24) is 0 Å². The zero-order valence-corrected chi connectivity index (χ0v) is 8.38. The monoisotopic (exact) mass is 215 g/mol. The van der Waals surface area contributed by atoms with Gasteiger partial charge in [0.1, 0.15) is 5.75 Å². The number of hydrogen-bond donors (Lipinski definition) is 1. The molecule has 1 aromatic rings. The molecule has 0 saturated heterocycles. The van der Waals surface area contributed by atoms with Crippen molar-refractivity contribution in [2.45, 2.75) is 20.5 Å². The molecule has 0 radical (unpaired) electrons. The van der Waals surface area contributed by atoms with Gasteiger partial charge in [0.05, 0.1) is 5.56 Å². The molecule has 0 aliphatic heterocycles. The highest BCUT2D eigenvalue weighted by atomic mass is 19.3. The summed E-state index contributed by atoms with van der Waals surface area (Å²) in [5.41, 5.74) is 6.34. The molecule has 0 spiro atoms. The number of rotatable bonds is 3. The predicted octanol–water partition coefficient (Wildman–Crippen LogP) is 2.38. The van der Waals surface area contributed by atoms with Crippen LogP contribution in [-0.2, 0) is 0 Å². The molecule has 0 amide bonds. The number of hydrogen-bond acceptors (Lipinski definition) is 3. The molecule has 0 heterocycles. The average molecular weight is 215 g/mol. The van der Waals surface area contributed by atoms with Crippen LogP contribution in [0.5, 0.6) is 5.75 Å². The minimum absolute atomic E-state index is 0.0767. The Hall–Kier alpha value is -1.65. The second-order valence-electron chi connectivity index (χ2n) is 3.15. The Bertz CT molecular complexity index is 391. The number of alkyl halides is 2. The number of carbonyl (C=O) groups excluding carboxylic acids is 1. The molecular weight excluding hydrogens is 204 g/mol. The predicted molar refractivity (Wildman–Crippen MR) is 52.2 cm³/mol. The number of halogens is 2. The van der Waals surface area contributed by atoms with Gasteiger partial charge in [0.25, 0.3) is 0 Å². The summed E-state index contributed by atoms with van der Waals surface area (Å²) in [5.74, 6) is -0.465. The zero-order valence-electron chi connectivity index (χ0n) is 8.38. The van der Waals surface area contributed by atoms with E-state index >= 15 is 0 Å². The van der Waals surface area contributed by atoms with E-state index in [1.807, 2.05) is 0 Å². The van der Waals surface area contributed by atoms with Gasteiger partial charge in [-0.05, 0) is 31.5 Å². The van der Waals surface area contributed by atoms with E-state index in [1.165, 1.54) is 19.1 Å². The summed E-state index contributed by atoms with van der Waals surface area (Å²) in [7, 11) is 0. The first-order valence-corrected chi connectivity index (χ1v) is 4.27. The number of benzene rings is 1. The van der Waals surface area contributed by atoms with Gasteiger partial charge >= 0.3 is 6.61 Å². The molecule has 0 bridgehead atoms. The Kier molecular flexibility index (Phi) is 3.24. The fourth-order valence-electron chi connectivity index (χ4n) is 1.31. The quantitative estimate of drug-likeness (QED) is 0.622. The summed E-state index contributed by atoms with van der Waals surface area (Å²) in [6.07, 6.45) is 0. The number of Topliss-reactive ketones (excluding diaryl/α,β-unsaturated/α-hetero) is 1. The first-order valence-electron chi connectivity index (χ1n) is 4.27. The van der Waals surface area contributed by atoms with Gasteiger partial charge in [-0.1, -0.05) is 0 Å². The average Bonchev–Trinajstić information content (AvgIpc) is 2.08. The van der Waals surface area contributed by atoms with Crippen molar-refractivity contribution in [1.29, 1.82) is 0 Å². The lowest BCUT2D eigenvalue weighted by atomic mass is 10.1. The van der Waals surface area contributed by atoms with Crippen molar-refractivity contribution in [3.8, 4) is 5.75 Å². The Morgan fingerprint density at radius 3 is 2.53 bits per heavy atom. The maximum absolute atomic E-state index is 12.1. The van der Waals surface area contributed by atoms with Crippen molar-refractivity contribution in [3.05, 3.63) is 23.3 Å². The van der Waals surface area contributed by atoms with E-state index in [1.54, 1.807) is 6.92 Å². The van der Waals surface area contributed by atoms with Gasteiger partial charge in [0, 0.05) is 5.69 Å². The molecule has 0 atom stereocenters. The van der Waals surface area contributed by atoms with E-state index in [0.29, 0.717) is 11.3 Å². The number of nitrogen functional groups attached to an aromatic ring is 1. The van der Waals surface area contributed by atoms with Gasteiger partial charge in [0.15, 0.2) is 5.78 Å². The fourth-order valence-corrected chi connectivity index (χ4v) is 1.31. The second-order valence-corrected chi connectivity index (χ2v) is 3.15. The second kappa shape index (κ2) is 4.25. The first-order chi connectivity index (χ1) is 6.91. The van der Waals surface area contributed by atoms with Crippen molar-refractivity contribution in [3.63, 3.8) is 0 Å². The summed E-state index contributed by atoms with van der Waals surface area (Å²) in [5, 5.41) is 0. The van der Waals surface area contributed by atoms with Crippen molar-refractivity contribution >= 4 is 11.5 Å². The van der Waals surface area contributed by atoms with E-state index in [4.69, 9.17) is 5.73 Å². The Balaban J connectivity index is 3.27. The van der Waals surface area contributed by atoms with Crippen LogP contribution < -0.4 is 10.5 Å². The summed E-state index contributed by atoms with van der Waals surface area (Å²) in [4.78, 5) is 11.2. The number of carbonyl (C=O) groups is 1. The smallest absolute Gasteiger partial charge is 0.387 e. The van der Waals surface area contributed by atoms with Crippen LogP contribution in [0.2, 0.25) is 0 Å². The number of ketones is 1. The molecule has 0 aliphatic rings. The third-order valence-electron chi connectivity index (χ3n) is 1.88. The minimum Gasteiger partial charge on any atom is -0.434 e. The van der Waals surface area contributed by atoms with Crippen LogP contribution in [0.25, 0.3) is 0 Å². The summed E-state index contributed by atoms with van der Waals surface area (Å²) >= 11 is 0. The van der Waals surface area contributed by atoms with Crippen LogP contribution in [0.1, 0.15) is 22.8 Å². The topological polar surface area (TPSA) is 52.3 Å². The van der Waals surface area contributed by atoms with Crippen LogP contribution in [-0.4, -0.2) is 12.4 Å². The molecule has 0 fully saturated rings. The van der Waals surface area contributed by atoms with Gasteiger partial charge in [-0.2, -0.15) is 8.78 Å². The summed E-state index contributed by atoms with van der Waals surface area (Å²) in [6, 6.07) is 2.80. The Morgan fingerprint density at radius 2 is 2.07 bits per heavy atom. The van der Waals surface area contributed by atoms with Crippen LogP contribution in [0.3, 0.4) is 0 Å². The number of ether oxygens (including phenoxy) is 1.